The maximum Gasteiger partial charge on any atom is 0.230 e. The van der Waals surface area contributed by atoms with Crippen LogP contribution in [0.2, 0.25) is 0 Å². The molecule has 1 amide bonds. The lowest BCUT2D eigenvalue weighted by molar-refractivity contribution is -0.125. The predicted octanol–water partition coefficient (Wildman–Crippen LogP) is 3.34. The summed E-state index contributed by atoms with van der Waals surface area (Å²) in [6.07, 6.45) is 1.61. The molecule has 0 unspecified atom stereocenters. The van der Waals surface area contributed by atoms with E-state index in [0.717, 1.165) is 17.0 Å². The molecule has 0 aliphatic rings. The van der Waals surface area contributed by atoms with E-state index in [1.54, 1.807) is 11.8 Å². The van der Waals surface area contributed by atoms with Gasteiger partial charge in [-0.3, -0.25) is 4.79 Å². The van der Waals surface area contributed by atoms with Gasteiger partial charge in [0.15, 0.2) is 6.29 Å². The van der Waals surface area contributed by atoms with E-state index in [0.29, 0.717) is 23.9 Å². The molecule has 0 radical (unpaired) electrons. The number of carbonyl (C=O) groups is 1. The normalized spacial score (nSPS) is 11.1. The lowest BCUT2D eigenvalue weighted by atomic mass is 10.2. The zero-order chi connectivity index (χ0) is 18.9. The molecule has 1 N–H and O–H groups in total. The summed E-state index contributed by atoms with van der Waals surface area (Å²) in [4.78, 5) is 17.6. The molecule has 0 bridgehead atoms. The van der Waals surface area contributed by atoms with E-state index in [-0.39, 0.29) is 5.91 Å². The van der Waals surface area contributed by atoms with Crippen molar-refractivity contribution < 1.29 is 18.7 Å². The van der Waals surface area contributed by atoms with Gasteiger partial charge in [0.25, 0.3) is 0 Å². The predicted molar refractivity (Wildman–Crippen MR) is 105 cm³/mol. The fourth-order valence-corrected chi connectivity index (χ4v) is 3.43. The van der Waals surface area contributed by atoms with Crippen molar-refractivity contribution in [3.63, 3.8) is 0 Å². The summed E-state index contributed by atoms with van der Waals surface area (Å²) in [6.45, 7) is 2.22. The average molecular weight is 397 g/mol. The highest BCUT2D eigenvalue weighted by atomic mass is 32.2. The Morgan fingerprint density at radius 1 is 1.27 bits per heavy atom. The highest BCUT2D eigenvalue weighted by Gasteiger charge is 2.13. The van der Waals surface area contributed by atoms with Crippen LogP contribution in [0.3, 0.4) is 0 Å². The second-order valence-corrected chi connectivity index (χ2v) is 7.31. The van der Waals surface area contributed by atoms with Crippen LogP contribution in [-0.2, 0) is 20.0 Å². The summed E-state index contributed by atoms with van der Waals surface area (Å²) < 4.78 is 15.8. The molecule has 8 heteroatoms. The SMILES string of the molecule is COC(CNC(=O)CSCc1nc(-c2ccc(SC)cc2)oc1C)OC. The van der Waals surface area contributed by atoms with Gasteiger partial charge in [0.2, 0.25) is 11.8 Å². The number of oxazole rings is 1. The van der Waals surface area contributed by atoms with Crippen molar-refractivity contribution in [1.29, 1.82) is 0 Å². The van der Waals surface area contributed by atoms with Gasteiger partial charge in [0.1, 0.15) is 5.76 Å². The van der Waals surface area contributed by atoms with Crippen molar-refractivity contribution in [1.82, 2.24) is 10.3 Å². The first kappa shape index (κ1) is 20.8. The summed E-state index contributed by atoms with van der Waals surface area (Å²) in [5, 5.41) is 2.77. The molecule has 6 nitrogen and oxygen atoms in total. The van der Waals surface area contributed by atoms with E-state index in [4.69, 9.17) is 13.9 Å². The molecule has 0 saturated carbocycles. The zero-order valence-corrected chi connectivity index (χ0v) is 17.0. The quantitative estimate of drug-likeness (QED) is 0.488. The van der Waals surface area contributed by atoms with Crippen LogP contribution in [0.15, 0.2) is 33.6 Å². The molecule has 0 spiro atoms. The van der Waals surface area contributed by atoms with Gasteiger partial charge < -0.3 is 19.2 Å². The first-order valence-electron chi connectivity index (χ1n) is 8.08. The number of thioether (sulfide) groups is 2. The second kappa shape index (κ2) is 10.6. The third-order valence-corrected chi connectivity index (χ3v) is 5.38. The maximum absolute atomic E-state index is 11.9. The number of rotatable bonds is 10. The largest absolute Gasteiger partial charge is 0.441 e. The average Bonchev–Trinajstić information content (AvgIpc) is 3.03. The first-order valence-corrected chi connectivity index (χ1v) is 10.5. The lowest BCUT2D eigenvalue weighted by Crippen LogP contribution is -2.35. The highest BCUT2D eigenvalue weighted by molar-refractivity contribution is 7.99. The molecule has 0 saturated heterocycles. The van der Waals surface area contributed by atoms with E-state index >= 15 is 0 Å². The van der Waals surface area contributed by atoms with Crippen LogP contribution in [0, 0.1) is 6.92 Å². The Labute approximate surface area is 162 Å². The van der Waals surface area contributed by atoms with Crippen molar-refractivity contribution in [2.24, 2.45) is 0 Å². The number of nitrogens with zero attached hydrogens (tertiary/aromatic N) is 1. The number of amides is 1. The van der Waals surface area contributed by atoms with Gasteiger partial charge in [0, 0.05) is 30.4 Å². The van der Waals surface area contributed by atoms with E-state index in [1.807, 2.05) is 37.4 Å². The van der Waals surface area contributed by atoms with Crippen LogP contribution in [0.5, 0.6) is 0 Å². The van der Waals surface area contributed by atoms with Crippen LogP contribution in [0.25, 0.3) is 11.5 Å². The number of aromatic nitrogens is 1. The molecule has 2 rings (SSSR count). The Morgan fingerprint density at radius 2 is 1.96 bits per heavy atom. The third kappa shape index (κ3) is 6.05. The Balaban J connectivity index is 1.84. The van der Waals surface area contributed by atoms with Crippen molar-refractivity contribution in [2.75, 3.05) is 32.8 Å². The molecule has 1 aromatic carbocycles. The van der Waals surface area contributed by atoms with Gasteiger partial charge in [-0.2, -0.15) is 0 Å². The topological polar surface area (TPSA) is 73.6 Å². The number of hydrogen-bond donors (Lipinski definition) is 1. The standard InChI is InChI=1S/C18H24N2O4S2/c1-12-15(10-26-11-16(21)19-9-17(22-2)23-3)20-18(24-12)13-5-7-14(25-4)8-6-13/h5-8,17H,9-11H2,1-4H3,(H,19,21). The van der Waals surface area contributed by atoms with E-state index < -0.39 is 6.29 Å². The van der Waals surface area contributed by atoms with Crippen molar-refractivity contribution in [3.8, 4) is 11.5 Å². The Hall–Kier alpha value is -1.48. The molecule has 2 aromatic rings. The first-order chi connectivity index (χ1) is 12.6. The molecular weight excluding hydrogens is 372 g/mol. The molecule has 142 valence electrons. The number of carbonyl (C=O) groups excluding carboxylic acids is 1. The lowest BCUT2D eigenvalue weighted by Gasteiger charge is -2.13. The van der Waals surface area contributed by atoms with E-state index in [9.17, 15) is 4.79 Å². The second-order valence-electron chi connectivity index (χ2n) is 5.45. The molecule has 1 heterocycles. The fourth-order valence-electron chi connectivity index (χ4n) is 2.17. The smallest absolute Gasteiger partial charge is 0.230 e. The van der Waals surface area contributed by atoms with Gasteiger partial charge in [-0.25, -0.2) is 4.98 Å². The molecule has 26 heavy (non-hydrogen) atoms. The number of nitrogens with one attached hydrogen (secondary N) is 1. The van der Waals surface area contributed by atoms with Crippen LogP contribution in [0.4, 0.5) is 0 Å². The third-order valence-electron chi connectivity index (χ3n) is 3.69. The van der Waals surface area contributed by atoms with E-state index in [1.165, 1.54) is 30.9 Å². The van der Waals surface area contributed by atoms with Gasteiger partial charge in [-0.15, -0.1) is 23.5 Å². The van der Waals surface area contributed by atoms with Crippen molar-refractivity contribution in [3.05, 3.63) is 35.7 Å². The molecule has 0 fully saturated rings. The minimum atomic E-state index is -0.429. The molecule has 0 aliphatic carbocycles. The molecule has 1 aromatic heterocycles. The molecule has 0 aliphatic heterocycles. The monoisotopic (exact) mass is 396 g/mol. The van der Waals surface area contributed by atoms with E-state index in [2.05, 4.69) is 10.3 Å². The van der Waals surface area contributed by atoms with Crippen LogP contribution in [0.1, 0.15) is 11.5 Å². The molecule has 0 atom stereocenters. The Kier molecular flexibility index (Phi) is 8.50. The number of benzene rings is 1. The fraction of sp³-hybridized carbons (Fsp3) is 0.444. The van der Waals surface area contributed by atoms with Gasteiger partial charge >= 0.3 is 0 Å². The summed E-state index contributed by atoms with van der Waals surface area (Å²) in [6, 6.07) is 8.10. The van der Waals surface area contributed by atoms with Gasteiger partial charge in [-0.05, 0) is 37.4 Å². The summed E-state index contributed by atoms with van der Waals surface area (Å²) >= 11 is 3.19. The van der Waals surface area contributed by atoms with Crippen LogP contribution >= 0.6 is 23.5 Å². The maximum atomic E-state index is 11.9. The minimum absolute atomic E-state index is 0.0666. The molecular formula is C18H24N2O4S2. The number of methoxy groups -OCH3 is 2. The minimum Gasteiger partial charge on any atom is -0.441 e. The van der Waals surface area contributed by atoms with Gasteiger partial charge in [0.05, 0.1) is 18.0 Å². The summed E-state index contributed by atoms with van der Waals surface area (Å²) in [7, 11) is 3.07. The summed E-state index contributed by atoms with van der Waals surface area (Å²) in [5.41, 5.74) is 1.81. The number of ether oxygens (including phenoxy) is 2. The Bertz CT molecular complexity index is 700. The highest BCUT2D eigenvalue weighted by Crippen LogP contribution is 2.26. The van der Waals surface area contributed by atoms with Crippen LogP contribution in [-0.4, -0.2) is 50.0 Å². The zero-order valence-electron chi connectivity index (χ0n) is 15.4. The van der Waals surface area contributed by atoms with Crippen molar-refractivity contribution >= 4 is 29.4 Å². The Morgan fingerprint density at radius 3 is 2.58 bits per heavy atom. The number of aryl methyl sites for hydroxylation is 1. The van der Waals surface area contributed by atoms with Crippen LogP contribution < -0.4 is 5.32 Å². The van der Waals surface area contributed by atoms with Gasteiger partial charge in [-0.1, -0.05) is 0 Å². The number of hydrogen-bond acceptors (Lipinski definition) is 7. The van der Waals surface area contributed by atoms with Crippen molar-refractivity contribution in [2.45, 2.75) is 23.9 Å². The summed E-state index contributed by atoms with van der Waals surface area (Å²) in [5.74, 6) is 2.27.